The van der Waals surface area contributed by atoms with Gasteiger partial charge in [-0.2, -0.15) is 0 Å². The van der Waals surface area contributed by atoms with Crippen molar-refractivity contribution in [3.63, 3.8) is 0 Å². The molecular weight excluding hydrogens is 673 g/mol. The van der Waals surface area contributed by atoms with E-state index in [2.05, 4.69) is 176 Å². The van der Waals surface area contributed by atoms with Crippen LogP contribution >= 0.6 is 8.53 Å². The summed E-state index contributed by atoms with van der Waals surface area (Å²) in [7, 11) is -1.94. The molecule has 2 fully saturated rings. The van der Waals surface area contributed by atoms with Crippen LogP contribution in [0.2, 0.25) is 0 Å². The fraction of sp³-hybridized carbons (Fsp3) is 0.234. The maximum atomic E-state index is 7.99. The number of hydrogen-bond donors (Lipinski definition) is 0. The SMILES string of the molecule is C[C@H](c1ccccc1)N([C@H](C)c1ccccc1)P1OC(c2ccccc2)(c2ccccc2)[C@H]2OC(C)(C)O[C@@H]2C(c2ccccc2)(c2ccccc2)O1. The van der Waals surface area contributed by atoms with Crippen molar-refractivity contribution >= 4 is 8.53 Å². The summed E-state index contributed by atoms with van der Waals surface area (Å²) in [5.74, 6) is -0.958. The van der Waals surface area contributed by atoms with Crippen LogP contribution in [0.3, 0.4) is 0 Å². The molecule has 0 unspecified atom stereocenters. The summed E-state index contributed by atoms with van der Waals surface area (Å²) >= 11 is 0. The number of ether oxygens (including phenoxy) is 2. The van der Waals surface area contributed by atoms with Gasteiger partial charge in [-0.15, -0.1) is 0 Å². The molecule has 0 aromatic heterocycles. The first-order valence-electron chi connectivity index (χ1n) is 18.5. The Bertz CT molecular complexity index is 1840. The Kier molecular flexibility index (Phi) is 9.91. The molecule has 5 nitrogen and oxygen atoms in total. The average molecular weight is 720 g/mol. The van der Waals surface area contributed by atoms with Gasteiger partial charge in [-0.1, -0.05) is 182 Å². The van der Waals surface area contributed by atoms with Crippen molar-refractivity contribution in [3.8, 4) is 0 Å². The van der Waals surface area contributed by atoms with Gasteiger partial charge in [-0.25, -0.2) is 4.67 Å². The lowest BCUT2D eigenvalue weighted by Gasteiger charge is -2.45. The smallest absolute Gasteiger partial charge is 0.262 e. The number of benzene rings is 6. The highest BCUT2D eigenvalue weighted by molar-refractivity contribution is 7.44. The summed E-state index contributed by atoms with van der Waals surface area (Å²) in [5.41, 5.74) is 3.90. The number of nitrogens with zero attached hydrogens (tertiary/aromatic N) is 1. The molecule has 2 heterocycles. The van der Waals surface area contributed by atoms with Crippen molar-refractivity contribution in [3.05, 3.63) is 215 Å². The summed E-state index contributed by atoms with van der Waals surface area (Å²) in [6.07, 6.45) is -1.28. The molecule has 0 amide bonds. The molecule has 6 heteroatoms. The zero-order valence-corrected chi connectivity index (χ0v) is 31.6. The van der Waals surface area contributed by atoms with E-state index >= 15 is 0 Å². The van der Waals surface area contributed by atoms with Crippen LogP contribution in [0, 0.1) is 0 Å². The van der Waals surface area contributed by atoms with Crippen LogP contribution in [-0.4, -0.2) is 22.7 Å². The molecule has 0 aliphatic carbocycles. The highest BCUT2D eigenvalue weighted by Gasteiger charge is 2.67. The summed E-state index contributed by atoms with van der Waals surface area (Å²) in [6.45, 7) is 8.50. The predicted molar refractivity (Wildman–Crippen MR) is 212 cm³/mol. The van der Waals surface area contributed by atoms with E-state index in [0.717, 1.165) is 33.4 Å². The van der Waals surface area contributed by atoms with Gasteiger partial charge in [0.15, 0.2) is 17.0 Å². The lowest BCUT2D eigenvalue weighted by molar-refractivity contribution is -0.175. The van der Waals surface area contributed by atoms with Crippen LogP contribution in [0.4, 0.5) is 0 Å². The van der Waals surface area contributed by atoms with Gasteiger partial charge in [0.2, 0.25) is 0 Å². The standard InChI is InChI=1S/C47H46NO4P/c1-35(37-23-11-5-12-24-37)48(36(2)38-25-13-6-14-26-38)53-51-46(39-27-15-7-16-28-39,40-29-17-8-18-30-40)43-44(50-45(3,4)49-43)47(52-53,41-31-19-9-20-32-41)42-33-21-10-22-34-42/h5-36,43-44H,1-4H3/t35-,36-,43+,44+/m1/s1. The monoisotopic (exact) mass is 719 g/mol. The molecule has 0 spiro atoms. The normalized spacial score (nSPS) is 21.7. The van der Waals surface area contributed by atoms with Crippen molar-refractivity contribution in [1.29, 1.82) is 0 Å². The van der Waals surface area contributed by atoms with Gasteiger partial charge < -0.3 is 18.5 Å². The summed E-state index contributed by atoms with van der Waals surface area (Å²) in [4.78, 5) is 0. The van der Waals surface area contributed by atoms with Gasteiger partial charge in [-0.3, -0.25) is 0 Å². The van der Waals surface area contributed by atoms with E-state index in [0.29, 0.717) is 0 Å². The van der Waals surface area contributed by atoms with Crippen LogP contribution < -0.4 is 0 Å². The van der Waals surface area contributed by atoms with Crippen molar-refractivity contribution in [2.24, 2.45) is 0 Å². The van der Waals surface area contributed by atoms with E-state index in [-0.39, 0.29) is 12.1 Å². The Labute approximate surface area is 315 Å². The Balaban J connectivity index is 1.47. The lowest BCUT2D eigenvalue weighted by atomic mass is 9.72. The quantitative estimate of drug-likeness (QED) is 0.139. The maximum Gasteiger partial charge on any atom is 0.262 e. The molecule has 268 valence electrons. The summed E-state index contributed by atoms with van der Waals surface area (Å²) in [6, 6.07) is 63.1. The number of fused-ring (bicyclic) bond motifs is 1. The highest BCUT2D eigenvalue weighted by atomic mass is 31.2. The van der Waals surface area contributed by atoms with Gasteiger partial charge in [0.25, 0.3) is 8.53 Å². The van der Waals surface area contributed by atoms with Gasteiger partial charge in [0.05, 0.1) is 0 Å². The minimum atomic E-state index is -1.94. The minimum Gasteiger partial charge on any atom is -0.341 e. The fourth-order valence-electron chi connectivity index (χ4n) is 8.15. The predicted octanol–water partition coefficient (Wildman–Crippen LogP) is 11.5. The minimum absolute atomic E-state index is 0.109. The van der Waals surface area contributed by atoms with Gasteiger partial charge in [0, 0.05) is 12.1 Å². The van der Waals surface area contributed by atoms with Gasteiger partial charge in [-0.05, 0) is 61.1 Å². The van der Waals surface area contributed by atoms with Crippen LogP contribution in [0.1, 0.15) is 73.2 Å². The number of hydrogen-bond acceptors (Lipinski definition) is 5. The zero-order valence-electron chi connectivity index (χ0n) is 30.7. The molecule has 0 radical (unpaired) electrons. The van der Waals surface area contributed by atoms with Crippen LogP contribution in [-0.2, 0) is 29.7 Å². The van der Waals surface area contributed by atoms with E-state index in [1.807, 2.05) is 38.1 Å². The van der Waals surface area contributed by atoms with Gasteiger partial charge in [0.1, 0.15) is 12.2 Å². The topological polar surface area (TPSA) is 40.2 Å². The largest absolute Gasteiger partial charge is 0.341 e. The molecule has 2 aliphatic rings. The second-order valence-electron chi connectivity index (χ2n) is 14.4. The first kappa shape index (κ1) is 35.6. The van der Waals surface area contributed by atoms with Crippen molar-refractivity contribution in [2.45, 2.75) is 69.0 Å². The molecule has 4 atom stereocenters. The highest BCUT2D eigenvalue weighted by Crippen LogP contribution is 2.68. The Hall–Kier alpha value is -4.45. The molecule has 2 aliphatic heterocycles. The van der Waals surface area contributed by atoms with Crippen molar-refractivity contribution in [2.75, 3.05) is 0 Å². The van der Waals surface area contributed by atoms with E-state index in [9.17, 15) is 0 Å². The summed E-state index contributed by atoms with van der Waals surface area (Å²) in [5, 5.41) is 0. The molecule has 0 bridgehead atoms. The van der Waals surface area contributed by atoms with Crippen LogP contribution in [0.5, 0.6) is 0 Å². The second-order valence-corrected chi connectivity index (χ2v) is 15.7. The molecule has 8 rings (SSSR count). The molecule has 0 N–H and O–H groups in total. The first-order valence-corrected chi connectivity index (χ1v) is 19.6. The zero-order chi connectivity index (χ0) is 36.5. The third-order valence-electron chi connectivity index (χ3n) is 10.7. The summed E-state index contributed by atoms with van der Waals surface area (Å²) < 4.78 is 32.9. The van der Waals surface area contributed by atoms with Gasteiger partial charge >= 0.3 is 0 Å². The van der Waals surface area contributed by atoms with Crippen molar-refractivity contribution in [1.82, 2.24) is 4.67 Å². The first-order chi connectivity index (χ1) is 25.8. The Morgan fingerprint density at radius 1 is 0.434 bits per heavy atom. The lowest BCUT2D eigenvalue weighted by Crippen LogP contribution is -2.53. The molecule has 53 heavy (non-hydrogen) atoms. The van der Waals surface area contributed by atoms with E-state index in [1.54, 1.807) is 0 Å². The molecule has 0 saturated carbocycles. The van der Waals surface area contributed by atoms with E-state index in [1.165, 1.54) is 0 Å². The second kappa shape index (κ2) is 14.8. The molecule has 2 saturated heterocycles. The van der Waals surface area contributed by atoms with E-state index < -0.39 is 37.7 Å². The van der Waals surface area contributed by atoms with Crippen LogP contribution in [0.25, 0.3) is 0 Å². The Morgan fingerprint density at radius 3 is 0.981 bits per heavy atom. The average Bonchev–Trinajstić information content (AvgIpc) is 3.50. The van der Waals surface area contributed by atoms with Crippen LogP contribution in [0.15, 0.2) is 182 Å². The molecule has 6 aromatic carbocycles. The molecular formula is C47H46NO4P. The van der Waals surface area contributed by atoms with E-state index in [4.69, 9.17) is 18.5 Å². The third kappa shape index (κ3) is 6.46. The maximum absolute atomic E-state index is 7.99. The van der Waals surface area contributed by atoms with Crippen molar-refractivity contribution < 1.29 is 18.5 Å². The third-order valence-corrected chi connectivity index (χ3v) is 12.7. The number of rotatable bonds is 9. The Morgan fingerprint density at radius 2 is 0.698 bits per heavy atom. The fourth-order valence-corrected chi connectivity index (χ4v) is 10.3. The molecule has 6 aromatic rings.